The predicted octanol–water partition coefficient (Wildman–Crippen LogP) is 3.68. The Morgan fingerprint density at radius 1 is 1.56 bits per heavy atom. The van der Waals surface area contributed by atoms with Gasteiger partial charge >= 0.3 is 0 Å². The van der Waals surface area contributed by atoms with Gasteiger partial charge in [0, 0.05) is 17.1 Å². The quantitative estimate of drug-likeness (QED) is 0.869. The van der Waals surface area contributed by atoms with Crippen LogP contribution in [-0.2, 0) is 0 Å². The number of aromatic nitrogens is 1. The van der Waals surface area contributed by atoms with E-state index in [1.54, 1.807) is 11.3 Å². The fourth-order valence-electron chi connectivity index (χ4n) is 2.58. The van der Waals surface area contributed by atoms with Crippen molar-refractivity contribution in [2.75, 3.05) is 0 Å². The van der Waals surface area contributed by atoms with E-state index in [2.05, 4.69) is 38.0 Å². The first-order valence-electron chi connectivity index (χ1n) is 6.17. The van der Waals surface area contributed by atoms with E-state index in [1.807, 2.05) is 6.20 Å². The Morgan fingerprint density at radius 2 is 2.31 bits per heavy atom. The Kier molecular flexibility index (Phi) is 3.36. The van der Waals surface area contributed by atoms with Gasteiger partial charge in [-0.25, -0.2) is 4.98 Å². The van der Waals surface area contributed by atoms with Crippen molar-refractivity contribution >= 4 is 11.3 Å². The summed E-state index contributed by atoms with van der Waals surface area (Å²) < 4.78 is 0. The molecule has 0 bridgehead atoms. The summed E-state index contributed by atoms with van der Waals surface area (Å²) in [6.45, 7) is 9.09. The minimum absolute atomic E-state index is 0.390. The van der Waals surface area contributed by atoms with E-state index in [9.17, 15) is 0 Å². The molecule has 2 rings (SSSR count). The molecule has 2 atom stereocenters. The molecule has 16 heavy (non-hydrogen) atoms. The molecule has 2 nitrogen and oxygen atoms in total. The van der Waals surface area contributed by atoms with Crippen LogP contribution in [0.1, 0.15) is 56.0 Å². The first kappa shape index (κ1) is 12.1. The van der Waals surface area contributed by atoms with Gasteiger partial charge in [0.05, 0.1) is 6.04 Å². The van der Waals surface area contributed by atoms with Crippen LogP contribution in [0.5, 0.6) is 0 Å². The average molecular weight is 238 g/mol. The molecule has 1 heterocycles. The Morgan fingerprint density at radius 3 is 2.81 bits per heavy atom. The van der Waals surface area contributed by atoms with Crippen molar-refractivity contribution < 1.29 is 0 Å². The highest BCUT2D eigenvalue weighted by Gasteiger charge is 2.35. The molecule has 0 radical (unpaired) electrons. The van der Waals surface area contributed by atoms with Crippen LogP contribution in [0.2, 0.25) is 0 Å². The van der Waals surface area contributed by atoms with Crippen LogP contribution in [-0.4, -0.2) is 11.0 Å². The monoisotopic (exact) mass is 238 g/mol. The van der Waals surface area contributed by atoms with E-state index in [0.29, 0.717) is 17.5 Å². The van der Waals surface area contributed by atoms with Gasteiger partial charge in [-0.05, 0) is 32.1 Å². The summed E-state index contributed by atoms with van der Waals surface area (Å²) in [5, 5.41) is 4.97. The zero-order chi connectivity index (χ0) is 11.8. The minimum atomic E-state index is 0.390. The van der Waals surface area contributed by atoms with E-state index >= 15 is 0 Å². The Balaban J connectivity index is 1.99. The van der Waals surface area contributed by atoms with Gasteiger partial charge in [0.15, 0.2) is 0 Å². The average Bonchev–Trinajstić information content (AvgIpc) is 2.74. The van der Waals surface area contributed by atoms with Crippen LogP contribution in [0.25, 0.3) is 0 Å². The molecule has 1 N–H and O–H groups in total. The summed E-state index contributed by atoms with van der Waals surface area (Å²) in [4.78, 5) is 5.76. The summed E-state index contributed by atoms with van der Waals surface area (Å²) in [5.41, 5.74) is 0.445. The second-order valence-corrected chi connectivity index (χ2v) is 6.90. The molecule has 0 amide bonds. The zero-order valence-corrected chi connectivity index (χ0v) is 11.5. The van der Waals surface area contributed by atoms with Gasteiger partial charge in [-0.15, -0.1) is 11.3 Å². The third kappa shape index (κ3) is 2.46. The van der Waals surface area contributed by atoms with Crippen LogP contribution in [0, 0.1) is 12.3 Å². The Bertz CT molecular complexity index is 357. The number of aryl methyl sites for hydroxylation is 1. The highest BCUT2D eigenvalue weighted by molar-refractivity contribution is 7.11. The molecule has 1 aliphatic carbocycles. The third-order valence-electron chi connectivity index (χ3n) is 3.72. The Hall–Kier alpha value is -0.410. The molecule has 3 heteroatoms. The van der Waals surface area contributed by atoms with E-state index in [1.165, 1.54) is 29.1 Å². The molecule has 0 aromatic carbocycles. The van der Waals surface area contributed by atoms with E-state index in [4.69, 9.17) is 0 Å². The maximum Gasteiger partial charge on any atom is 0.109 e. The van der Waals surface area contributed by atoms with Crippen LogP contribution < -0.4 is 5.32 Å². The second-order valence-electron chi connectivity index (χ2n) is 5.63. The van der Waals surface area contributed by atoms with Gasteiger partial charge < -0.3 is 5.32 Å². The molecule has 2 unspecified atom stereocenters. The van der Waals surface area contributed by atoms with Crippen LogP contribution in [0.15, 0.2) is 6.20 Å². The van der Waals surface area contributed by atoms with Crippen LogP contribution in [0.3, 0.4) is 0 Å². The summed E-state index contributed by atoms with van der Waals surface area (Å²) in [5.74, 6) is 0. The smallest absolute Gasteiger partial charge is 0.109 e. The van der Waals surface area contributed by atoms with Crippen molar-refractivity contribution in [3.8, 4) is 0 Å². The Labute approximate surface area is 102 Å². The highest BCUT2D eigenvalue weighted by Crippen LogP contribution is 2.38. The highest BCUT2D eigenvalue weighted by atomic mass is 32.1. The number of hydrogen-bond acceptors (Lipinski definition) is 3. The van der Waals surface area contributed by atoms with Crippen molar-refractivity contribution in [3.63, 3.8) is 0 Å². The van der Waals surface area contributed by atoms with Gasteiger partial charge in [-0.1, -0.05) is 20.3 Å². The van der Waals surface area contributed by atoms with Crippen molar-refractivity contribution in [2.24, 2.45) is 5.41 Å². The topological polar surface area (TPSA) is 24.9 Å². The molecule has 1 fully saturated rings. The molecular weight excluding hydrogens is 216 g/mol. The van der Waals surface area contributed by atoms with Gasteiger partial charge in [-0.2, -0.15) is 0 Å². The summed E-state index contributed by atoms with van der Waals surface area (Å²) in [6, 6.07) is 1.03. The van der Waals surface area contributed by atoms with E-state index < -0.39 is 0 Å². The third-order valence-corrected chi connectivity index (χ3v) is 4.81. The number of nitrogens with zero attached hydrogens (tertiary/aromatic N) is 1. The van der Waals surface area contributed by atoms with Gasteiger partial charge in [0.1, 0.15) is 5.01 Å². The minimum Gasteiger partial charge on any atom is -0.305 e. The second kappa shape index (κ2) is 4.46. The maximum absolute atomic E-state index is 4.46. The standard InChI is InChI=1S/C13H22N2S/c1-9-8-14-12(16-9)10(2)15-11-6-5-7-13(11,3)4/h8,10-11,15H,5-7H2,1-4H3. The van der Waals surface area contributed by atoms with Crippen molar-refractivity contribution in [1.29, 1.82) is 0 Å². The molecule has 90 valence electrons. The molecular formula is C13H22N2S. The maximum atomic E-state index is 4.46. The molecule has 1 aromatic rings. The number of nitrogens with one attached hydrogen (secondary N) is 1. The van der Waals surface area contributed by atoms with Gasteiger partial charge in [0.25, 0.3) is 0 Å². The molecule has 1 saturated carbocycles. The number of thiazole rings is 1. The molecule has 0 saturated heterocycles. The van der Waals surface area contributed by atoms with Crippen molar-refractivity contribution in [2.45, 2.75) is 59.0 Å². The summed E-state index contributed by atoms with van der Waals surface area (Å²) in [6.07, 6.45) is 5.97. The molecule has 0 aliphatic heterocycles. The lowest BCUT2D eigenvalue weighted by atomic mass is 9.87. The first-order valence-corrected chi connectivity index (χ1v) is 6.99. The predicted molar refractivity (Wildman–Crippen MR) is 69.8 cm³/mol. The van der Waals surface area contributed by atoms with E-state index in [-0.39, 0.29) is 0 Å². The lowest BCUT2D eigenvalue weighted by Gasteiger charge is -2.30. The molecule has 1 aromatic heterocycles. The molecule has 0 spiro atoms. The van der Waals surface area contributed by atoms with Crippen LogP contribution in [0.4, 0.5) is 0 Å². The lowest BCUT2D eigenvalue weighted by Crippen LogP contribution is -2.39. The van der Waals surface area contributed by atoms with Gasteiger partial charge in [0.2, 0.25) is 0 Å². The van der Waals surface area contributed by atoms with E-state index in [0.717, 1.165) is 0 Å². The van der Waals surface area contributed by atoms with Crippen molar-refractivity contribution in [3.05, 3.63) is 16.1 Å². The first-order chi connectivity index (χ1) is 7.49. The lowest BCUT2D eigenvalue weighted by molar-refractivity contribution is 0.266. The van der Waals surface area contributed by atoms with Gasteiger partial charge in [-0.3, -0.25) is 0 Å². The zero-order valence-electron chi connectivity index (χ0n) is 10.7. The number of rotatable bonds is 3. The largest absolute Gasteiger partial charge is 0.305 e. The fourth-order valence-corrected chi connectivity index (χ4v) is 3.37. The normalized spacial score (nSPS) is 25.9. The van der Waals surface area contributed by atoms with Crippen molar-refractivity contribution in [1.82, 2.24) is 10.3 Å². The summed E-state index contributed by atoms with van der Waals surface area (Å²) >= 11 is 1.81. The molecule has 1 aliphatic rings. The van der Waals surface area contributed by atoms with Crippen LogP contribution >= 0.6 is 11.3 Å². The fraction of sp³-hybridized carbons (Fsp3) is 0.769. The summed E-state index contributed by atoms with van der Waals surface area (Å²) in [7, 11) is 0. The number of hydrogen-bond donors (Lipinski definition) is 1. The SMILES string of the molecule is Cc1cnc(C(C)NC2CCCC2(C)C)s1.